The van der Waals surface area contributed by atoms with Crippen LogP contribution in [0.1, 0.15) is 27.7 Å². The highest BCUT2D eigenvalue weighted by atomic mass is 19.1. The van der Waals surface area contributed by atoms with Crippen LogP contribution in [-0.2, 0) is 4.79 Å². The van der Waals surface area contributed by atoms with Crippen LogP contribution in [0.4, 0.5) is 10.1 Å². The highest BCUT2D eigenvalue weighted by Gasteiger charge is 2.24. The molecule has 1 aromatic rings. The molecule has 0 heterocycles. The van der Waals surface area contributed by atoms with Gasteiger partial charge in [-0.05, 0) is 33.8 Å². The van der Waals surface area contributed by atoms with Crippen molar-refractivity contribution in [3.8, 4) is 5.75 Å². The van der Waals surface area contributed by atoms with Gasteiger partial charge >= 0.3 is 5.69 Å². The predicted octanol–water partition coefficient (Wildman–Crippen LogP) is 2.42. The summed E-state index contributed by atoms with van der Waals surface area (Å²) in [4.78, 5) is 22.0. The highest BCUT2D eigenvalue weighted by molar-refractivity contribution is 5.81. The summed E-state index contributed by atoms with van der Waals surface area (Å²) in [5.41, 5.74) is -0.843. The van der Waals surface area contributed by atoms with Crippen molar-refractivity contribution < 1.29 is 18.8 Å². The molecule has 0 aromatic heterocycles. The molecule has 0 spiro atoms. The molecular formula is C13H17FN2O4. The zero-order chi connectivity index (χ0) is 15.5. The number of nitro benzene ring substituents is 1. The predicted molar refractivity (Wildman–Crippen MR) is 71.0 cm³/mol. The molecule has 1 N–H and O–H groups in total. The summed E-state index contributed by atoms with van der Waals surface area (Å²) in [7, 11) is 0. The lowest BCUT2D eigenvalue weighted by Gasteiger charge is -2.23. The summed E-state index contributed by atoms with van der Waals surface area (Å²) in [5, 5.41) is 13.5. The van der Waals surface area contributed by atoms with Crippen LogP contribution in [0.3, 0.4) is 0 Å². The van der Waals surface area contributed by atoms with E-state index in [9.17, 15) is 19.3 Å². The molecule has 1 aromatic carbocycles. The fourth-order valence-electron chi connectivity index (χ4n) is 1.45. The van der Waals surface area contributed by atoms with Crippen LogP contribution in [0.2, 0.25) is 0 Å². The number of nitrogens with zero attached hydrogens (tertiary/aromatic N) is 1. The molecule has 0 bridgehead atoms. The first-order valence-corrected chi connectivity index (χ1v) is 6.03. The van der Waals surface area contributed by atoms with Crippen molar-refractivity contribution >= 4 is 11.6 Å². The third kappa shape index (κ3) is 4.49. The number of carbonyl (C=O) groups is 1. The summed E-state index contributed by atoms with van der Waals surface area (Å²) in [5.74, 6) is -1.38. The molecule has 6 nitrogen and oxygen atoms in total. The second kappa shape index (κ2) is 5.85. The number of benzene rings is 1. The van der Waals surface area contributed by atoms with Gasteiger partial charge in [0.2, 0.25) is 5.75 Å². The van der Waals surface area contributed by atoms with E-state index in [4.69, 9.17) is 4.74 Å². The van der Waals surface area contributed by atoms with Crippen LogP contribution in [0.25, 0.3) is 0 Å². The summed E-state index contributed by atoms with van der Waals surface area (Å²) in [6, 6.07) is 2.85. The second-order valence-corrected chi connectivity index (χ2v) is 5.37. The first kappa shape index (κ1) is 15.9. The van der Waals surface area contributed by atoms with Crippen molar-refractivity contribution in [2.24, 2.45) is 0 Å². The first-order valence-electron chi connectivity index (χ1n) is 6.03. The first-order chi connectivity index (χ1) is 9.10. The van der Waals surface area contributed by atoms with Gasteiger partial charge in [-0.2, -0.15) is 0 Å². The Morgan fingerprint density at radius 2 is 2.05 bits per heavy atom. The van der Waals surface area contributed by atoms with Crippen molar-refractivity contribution in [1.29, 1.82) is 0 Å². The van der Waals surface area contributed by atoms with E-state index in [1.165, 1.54) is 6.92 Å². The Kier molecular flexibility index (Phi) is 4.65. The topological polar surface area (TPSA) is 81.5 Å². The lowest BCUT2D eigenvalue weighted by molar-refractivity contribution is -0.386. The molecule has 0 aliphatic rings. The zero-order valence-corrected chi connectivity index (χ0v) is 11.8. The van der Waals surface area contributed by atoms with Gasteiger partial charge in [-0.1, -0.05) is 0 Å². The SMILES string of the molecule is CC(Oc1cc(F)ccc1[N+](=O)[O-])C(=O)NC(C)(C)C. The summed E-state index contributed by atoms with van der Waals surface area (Å²) < 4.78 is 18.3. The number of hydrogen-bond acceptors (Lipinski definition) is 4. The Balaban J connectivity index is 2.90. The largest absolute Gasteiger partial charge is 0.474 e. The van der Waals surface area contributed by atoms with E-state index in [0.29, 0.717) is 0 Å². The van der Waals surface area contributed by atoms with E-state index in [0.717, 1.165) is 18.2 Å². The molecule has 0 saturated heterocycles. The van der Waals surface area contributed by atoms with E-state index in [2.05, 4.69) is 5.32 Å². The fraction of sp³-hybridized carbons (Fsp3) is 0.462. The summed E-state index contributed by atoms with van der Waals surface area (Å²) >= 11 is 0. The van der Waals surface area contributed by atoms with E-state index >= 15 is 0 Å². The zero-order valence-electron chi connectivity index (χ0n) is 11.8. The molecule has 7 heteroatoms. The minimum Gasteiger partial charge on any atom is -0.474 e. The van der Waals surface area contributed by atoms with E-state index in [1.807, 2.05) is 0 Å². The van der Waals surface area contributed by atoms with Crippen LogP contribution < -0.4 is 10.1 Å². The minimum absolute atomic E-state index is 0.272. The van der Waals surface area contributed by atoms with E-state index in [-0.39, 0.29) is 11.4 Å². The quantitative estimate of drug-likeness (QED) is 0.680. The third-order valence-electron chi connectivity index (χ3n) is 2.29. The molecule has 20 heavy (non-hydrogen) atoms. The van der Waals surface area contributed by atoms with Crippen LogP contribution >= 0.6 is 0 Å². The molecule has 0 saturated carbocycles. The Hall–Kier alpha value is -2.18. The van der Waals surface area contributed by atoms with Crippen molar-refractivity contribution in [1.82, 2.24) is 5.32 Å². The van der Waals surface area contributed by atoms with Crippen LogP contribution in [0, 0.1) is 15.9 Å². The van der Waals surface area contributed by atoms with Crippen molar-refractivity contribution in [2.45, 2.75) is 39.3 Å². The molecule has 1 unspecified atom stereocenters. The van der Waals surface area contributed by atoms with Gasteiger partial charge in [-0.3, -0.25) is 14.9 Å². The van der Waals surface area contributed by atoms with Gasteiger partial charge in [0, 0.05) is 17.7 Å². The number of nitrogens with one attached hydrogen (secondary N) is 1. The molecule has 0 radical (unpaired) electrons. The Bertz CT molecular complexity index is 526. The van der Waals surface area contributed by atoms with Gasteiger partial charge in [-0.25, -0.2) is 4.39 Å². The summed E-state index contributed by atoms with van der Waals surface area (Å²) in [6.07, 6.45) is -0.977. The number of carbonyl (C=O) groups excluding carboxylic acids is 1. The Labute approximate surface area is 116 Å². The maximum absolute atomic E-state index is 13.1. The van der Waals surface area contributed by atoms with Gasteiger partial charge in [0.15, 0.2) is 6.10 Å². The number of hydrogen-bond donors (Lipinski definition) is 1. The number of ether oxygens (including phenoxy) is 1. The monoisotopic (exact) mass is 284 g/mol. The van der Waals surface area contributed by atoms with Gasteiger partial charge in [-0.15, -0.1) is 0 Å². The maximum Gasteiger partial charge on any atom is 0.311 e. The van der Waals surface area contributed by atoms with Crippen LogP contribution in [0.5, 0.6) is 5.75 Å². The van der Waals surface area contributed by atoms with Crippen molar-refractivity contribution in [3.05, 3.63) is 34.1 Å². The molecule has 1 rings (SSSR count). The molecule has 110 valence electrons. The second-order valence-electron chi connectivity index (χ2n) is 5.37. The number of rotatable bonds is 4. The fourth-order valence-corrected chi connectivity index (χ4v) is 1.45. The Morgan fingerprint density at radius 3 is 2.55 bits per heavy atom. The van der Waals surface area contributed by atoms with Gasteiger partial charge < -0.3 is 10.1 Å². The van der Waals surface area contributed by atoms with Crippen molar-refractivity contribution in [2.75, 3.05) is 0 Å². The standard InChI is InChI=1S/C13H17FN2O4/c1-8(12(17)15-13(2,3)4)20-11-7-9(14)5-6-10(11)16(18)19/h5-8H,1-4H3,(H,15,17). The van der Waals surface area contributed by atoms with Gasteiger partial charge in [0.25, 0.3) is 5.91 Å². The summed E-state index contributed by atoms with van der Waals surface area (Å²) in [6.45, 7) is 6.82. The highest BCUT2D eigenvalue weighted by Crippen LogP contribution is 2.28. The average molecular weight is 284 g/mol. The normalized spacial score (nSPS) is 12.7. The Morgan fingerprint density at radius 1 is 1.45 bits per heavy atom. The molecule has 0 aliphatic carbocycles. The third-order valence-corrected chi connectivity index (χ3v) is 2.29. The smallest absolute Gasteiger partial charge is 0.311 e. The van der Waals surface area contributed by atoms with Gasteiger partial charge in [0.05, 0.1) is 4.92 Å². The lowest BCUT2D eigenvalue weighted by Crippen LogP contribution is -2.46. The van der Waals surface area contributed by atoms with Crippen LogP contribution in [-0.4, -0.2) is 22.5 Å². The molecule has 0 aliphatic heterocycles. The van der Waals surface area contributed by atoms with Crippen LogP contribution in [0.15, 0.2) is 18.2 Å². The molecule has 1 amide bonds. The number of nitro groups is 1. The minimum atomic E-state index is -0.977. The van der Waals surface area contributed by atoms with Crippen molar-refractivity contribution in [3.63, 3.8) is 0 Å². The van der Waals surface area contributed by atoms with E-state index in [1.54, 1.807) is 20.8 Å². The molecule has 0 fully saturated rings. The van der Waals surface area contributed by atoms with Gasteiger partial charge in [0.1, 0.15) is 5.82 Å². The van der Waals surface area contributed by atoms with E-state index < -0.39 is 28.3 Å². The average Bonchev–Trinajstić information content (AvgIpc) is 2.26. The maximum atomic E-state index is 13.1. The lowest BCUT2D eigenvalue weighted by atomic mass is 10.1. The number of halogens is 1. The molecular weight excluding hydrogens is 267 g/mol. The number of amides is 1. The molecule has 1 atom stereocenters.